The Labute approximate surface area is 185 Å². The first kappa shape index (κ1) is 21.7. The summed E-state index contributed by atoms with van der Waals surface area (Å²) in [6.45, 7) is 1.58. The van der Waals surface area contributed by atoms with Gasteiger partial charge in [0.15, 0.2) is 5.78 Å². The van der Waals surface area contributed by atoms with Crippen LogP contribution in [0.15, 0.2) is 127 Å². The van der Waals surface area contributed by atoms with E-state index < -0.39 is 0 Å². The lowest BCUT2D eigenvalue weighted by atomic mass is 9.97. The van der Waals surface area contributed by atoms with E-state index in [2.05, 4.69) is 36.4 Å². The summed E-state index contributed by atoms with van der Waals surface area (Å²) < 4.78 is 0. The van der Waals surface area contributed by atoms with Gasteiger partial charge in [-0.15, -0.1) is 0 Å². The van der Waals surface area contributed by atoms with Crippen LogP contribution in [0.4, 0.5) is 0 Å². The molecule has 152 valence electrons. The summed E-state index contributed by atoms with van der Waals surface area (Å²) in [4.78, 5) is 11.3. The first-order valence-electron chi connectivity index (χ1n) is 10.3. The van der Waals surface area contributed by atoms with Crippen molar-refractivity contribution < 1.29 is 4.79 Å². The maximum atomic E-state index is 11.3. The van der Waals surface area contributed by atoms with Gasteiger partial charge in [0.25, 0.3) is 0 Å². The summed E-state index contributed by atoms with van der Waals surface area (Å²) in [6, 6.07) is 40.5. The lowest BCUT2D eigenvalue weighted by Gasteiger charge is -2.07. The minimum absolute atomic E-state index is 0.0627. The van der Waals surface area contributed by atoms with E-state index in [9.17, 15) is 4.79 Å². The van der Waals surface area contributed by atoms with Crippen LogP contribution in [-0.4, -0.2) is 5.78 Å². The number of rotatable bonds is 5. The van der Waals surface area contributed by atoms with Crippen molar-refractivity contribution in [2.75, 3.05) is 0 Å². The van der Waals surface area contributed by atoms with Gasteiger partial charge in [0.05, 0.1) is 0 Å². The quantitative estimate of drug-likeness (QED) is 0.249. The smallest absolute Gasteiger partial charge is 0.153 e. The normalized spacial score (nSPS) is 10.1. The SMILES string of the molecule is C(=Cc1ccccc1)c1ccccc1.CC(=O)C=C(c1ccccc1)c1ccccc1. The molecule has 4 aromatic carbocycles. The van der Waals surface area contributed by atoms with Crippen molar-refractivity contribution in [2.24, 2.45) is 0 Å². The minimum atomic E-state index is 0.0627. The summed E-state index contributed by atoms with van der Waals surface area (Å²) in [6.07, 6.45) is 5.93. The van der Waals surface area contributed by atoms with E-state index in [1.165, 1.54) is 11.1 Å². The molecule has 0 heterocycles. The highest BCUT2D eigenvalue weighted by molar-refractivity contribution is 5.99. The van der Waals surface area contributed by atoms with Gasteiger partial charge in [-0.3, -0.25) is 4.79 Å². The van der Waals surface area contributed by atoms with E-state index in [-0.39, 0.29) is 5.78 Å². The molecule has 31 heavy (non-hydrogen) atoms. The zero-order chi connectivity index (χ0) is 21.7. The molecule has 0 bridgehead atoms. The number of benzene rings is 4. The third-order valence-corrected chi connectivity index (χ3v) is 4.58. The summed E-state index contributed by atoms with van der Waals surface area (Å²) >= 11 is 0. The number of carbonyl (C=O) groups excluding carboxylic acids is 1. The van der Waals surface area contributed by atoms with Gasteiger partial charge in [0.2, 0.25) is 0 Å². The van der Waals surface area contributed by atoms with Crippen LogP contribution in [0.1, 0.15) is 29.2 Å². The van der Waals surface area contributed by atoms with E-state index in [0.717, 1.165) is 16.7 Å². The Morgan fingerprint density at radius 3 is 1.16 bits per heavy atom. The molecule has 0 saturated heterocycles. The van der Waals surface area contributed by atoms with Crippen LogP contribution in [0.5, 0.6) is 0 Å². The fraction of sp³-hybridized carbons (Fsp3) is 0.0333. The van der Waals surface area contributed by atoms with Crippen molar-refractivity contribution in [3.05, 3.63) is 150 Å². The summed E-state index contributed by atoms with van der Waals surface area (Å²) in [5, 5.41) is 0. The van der Waals surface area contributed by atoms with Gasteiger partial charge in [-0.25, -0.2) is 0 Å². The second-order valence-electron chi connectivity index (χ2n) is 7.06. The maximum absolute atomic E-state index is 11.3. The van der Waals surface area contributed by atoms with Gasteiger partial charge in [-0.05, 0) is 40.8 Å². The van der Waals surface area contributed by atoms with Crippen LogP contribution >= 0.6 is 0 Å². The minimum Gasteiger partial charge on any atom is -0.295 e. The summed E-state index contributed by atoms with van der Waals surface area (Å²) in [5.41, 5.74) is 5.56. The second-order valence-corrected chi connectivity index (χ2v) is 7.06. The topological polar surface area (TPSA) is 17.1 Å². The van der Waals surface area contributed by atoms with Crippen LogP contribution in [0.2, 0.25) is 0 Å². The van der Waals surface area contributed by atoms with Gasteiger partial charge in [0, 0.05) is 0 Å². The molecular weight excluding hydrogens is 376 g/mol. The van der Waals surface area contributed by atoms with E-state index in [0.29, 0.717) is 0 Å². The Bertz CT molecular complexity index is 1030. The first-order valence-corrected chi connectivity index (χ1v) is 10.3. The highest BCUT2D eigenvalue weighted by Gasteiger charge is 2.04. The Morgan fingerprint density at radius 1 is 0.516 bits per heavy atom. The predicted molar refractivity (Wildman–Crippen MR) is 132 cm³/mol. The molecule has 0 fully saturated rings. The molecule has 0 atom stereocenters. The van der Waals surface area contributed by atoms with Crippen molar-refractivity contribution >= 4 is 23.5 Å². The van der Waals surface area contributed by atoms with Gasteiger partial charge in [-0.1, -0.05) is 133 Å². The molecule has 0 unspecified atom stereocenters. The molecule has 0 radical (unpaired) electrons. The lowest BCUT2D eigenvalue weighted by molar-refractivity contribution is -0.112. The predicted octanol–water partition coefficient (Wildman–Crippen LogP) is 7.56. The molecule has 0 N–H and O–H groups in total. The van der Waals surface area contributed by atoms with Crippen molar-refractivity contribution in [3.63, 3.8) is 0 Å². The highest BCUT2D eigenvalue weighted by Crippen LogP contribution is 2.22. The molecular formula is C30H26O. The van der Waals surface area contributed by atoms with E-state index in [1.54, 1.807) is 13.0 Å². The van der Waals surface area contributed by atoms with Crippen molar-refractivity contribution in [3.8, 4) is 0 Å². The van der Waals surface area contributed by atoms with Crippen molar-refractivity contribution in [1.82, 2.24) is 0 Å². The van der Waals surface area contributed by atoms with Crippen LogP contribution < -0.4 is 0 Å². The Morgan fingerprint density at radius 2 is 0.839 bits per heavy atom. The van der Waals surface area contributed by atoms with Gasteiger partial charge >= 0.3 is 0 Å². The van der Waals surface area contributed by atoms with Crippen LogP contribution in [0.25, 0.3) is 17.7 Å². The first-order chi connectivity index (χ1) is 15.2. The molecule has 0 amide bonds. The molecule has 0 aliphatic rings. The van der Waals surface area contributed by atoms with Crippen LogP contribution in [0, 0.1) is 0 Å². The number of hydrogen-bond acceptors (Lipinski definition) is 1. The lowest BCUT2D eigenvalue weighted by Crippen LogP contribution is -1.91. The number of carbonyl (C=O) groups is 1. The Hall–Kier alpha value is -3.97. The molecule has 4 aromatic rings. The standard InChI is InChI=1S/C16H14O.C14H12/c1-13(17)12-16(14-8-4-2-5-9-14)15-10-6-3-7-11-15;1-3-7-13(8-4-1)11-12-14-9-5-2-6-10-14/h2-12H,1H3;1-12H. The third kappa shape index (κ3) is 7.41. The van der Waals surface area contributed by atoms with E-state index in [1.807, 2.05) is 97.1 Å². The van der Waals surface area contributed by atoms with Gasteiger partial charge < -0.3 is 0 Å². The third-order valence-electron chi connectivity index (χ3n) is 4.58. The van der Waals surface area contributed by atoms with E-state index >= 15 is 0 Å². The molecule has 0 aromatic heterocycles. The van der Waals surface area contributed by atoms with Crippen LogP contribution in [-0.2, 0) is 4.79 Å². The largest absolute Gasteiger partial charge is 0.295 e. The highest BCUT2D eigenvalue weighted by atomic mass is 16.1. The monoisotopic (exact) mass is 402 g/mol. The van der Waals surface area contributed by atoms with Crippen LogP contribution in [0.3, 0.4) is 0 Å². The molecule has 0 aliphatic carbocycles. The zero-order valence-corrected chi connectivity index (χ0v) is 17.7. The molecule has 1 nitrogen and oxygen atoms in total. The Kier molecular flexibility index (Phi) is 8.34. The molecule has 0 aliphatic heterocycles. The fourth-order valence-electron chi connectivity index (χ4n) is 3.09. The molecule has 1 heteroatoms. The van der Waals surface area contributed by atoms with Gasteiger partial charge in [0.1, 0.15) is 0 Å². The summed E-state index contributed by atoms with van der Waals surface area (Å²) in [5.74, 6) is 0.0627. The Balaban J connectivity index is 0.000000179. The fourth-order valence-corrected chi connectivity index (χ4v) is 3.09. The second kappa shape index (κ2) is 11.9. The van der Waals surface area contributed by atoms with Crippen molar-refractivity contribution in [1.29, 1.82) is 0 Å². The molecule has 4 rings (SSSR count). The zero-order valence-electron chi connectivity index (χ0n) is 17.7. The average Bonchev–Trinajstić information content (AvgIpc) is 2.84. The molecule has 0 spiro atoms. The van der Waals surface area contributed by atoms with Crippen molar-refractivity contribution in [2.45, 2.75) is 6.92 Å². The van der Waals surface area contributed by atoms with Gasteiger partial charge in [-0.2, -0.15) is 0 Å². The summed E-state index contributed by atoms with van der Waals surface area (Å²) in [7, 11) is 0. The van der Waals surface area contributed by atoms with E-state index in [4.69, 9.17) is 0 Å². The molecule has 0 saturated carbocycles. The average molecular weight is 403 g/mol. The number of hydrogen-bond donors (Lipinski definition) is 0. The number of ketones is 1. The maximum Gasteiger partial charge on any atom is 0.153 e. The number of allylic oxidation sites excluding steroid dienone is 1.